The molecule has 0 aliphatic carbocycles. The highest BCUT2D eigenvalue weighted by molar-refractivity contribution is 5.46. The molecule has 1 aliphatic heterocycles. The van der Waals surface area contributed by atoms with E-state index in [9.17, 15) is 4.79 Å². The van der Waals surface area contributed by atoms with E-state index in [0.717, 1.165) is 18.8 Å². The number of benzene rings is 1. The molecule has 1 aromatic carbocycles. The number of piperidine rings is 1. The maximum Gasteiger partial charge on any atom is 0.272 e. The highest BCUT2D eigenvalue weighted by Crippen LogP contribution is 2.22. The number of likely N-dealkylation sites (N-methyl/N-ethyl adjacent to an activating group) is 1. The predicted octanol–water partition coefficient (Wildman–Crippen LogP) is 2.12. The summed E-state index contributed by atoms with van der Waals surface area (Å²) in [6, 6.07) is 14.5. The summed E-state index contributed by atoms with van der Waals surface area (Å²) >= 11 is 0. The monoisotopic (exact) mass is 337 g/mol. The lowest BCUT2D eigenvalue weighted by Gasteiger charge is -2.38. The Balaban J connectivity index is 1.48. The Bertz CT molecular complexity index is 901. The third-order valence-electron chi connectivity index (χ3n) is 4.99. The number of nitrogens with one attached hydrogen (secondary N) is 1. The Morgan fingerprint density at radius 3 is 2.96 bits per heavy atom. The van der Waals surface area contributed by atoms with Crippen LogP contribution in [-0.4, -0.2) is 45.7 Å². The van der Waals surface area contributed by atoms with Gasteiger partial charge in [-0.2, -0.15) is 0 Å². The maximum atomic E-state index is 12.1. The smallest absolute Gasteiger partial charge is 0.272 e. The molecule has 6 heteroatoms. The molecule has 1 atom stereocenters. The summed E-state index contributed by atoms with van der Waals surface area (Å²) < 4.78 is 1.46. The number of fused-ring (bicyclic) bond motifs is 1. The van der Waals surface area contributed by atoms with Crippen molar-refractivity contribution in [1.82, 2.24) is 19.5 Å². The van der Waals surface area contributed by atoms with Crippen molar-refractivity contribution in [2.45, 2.75) is 25.4 Å². The number of H-pyrrole nitrogens is 1. The largest absolute Gasteiger partial charge is 0.370 e. The molecule has 1 fully saturated rings. The van der Waals surface area contributed by atoms with E-state index in [1.165, 1.54) is 23.0 Å². The van der Waals surface area contributed by atoms with E-state index in [1.807, 2.05) is 6.07 Å². The first kappa shape index (κ1) is 15.9. The van der Waals surface area contributed by atoms with E-state index < -0.39 is 0 Å². The van der Waals surface area contributed by atoms with Crippen LogP contribution in [0.25, 0.3) is 5.65 Å². The van der Waals surface area contributed by atoms with Crippen molar-refractivity contribution in [3.63, 3.8) is 0 Å². The van der Waals surface area contributed by atoms with Crippen LogP contribution in [0.1, 0.15) is 18.5 Å². The van der Waals surface area contributed by atoms with Gasteiger partial charge >= 0.3 is 0 Å². The topological polar surface area (TPSA) is 56.6 Å². The van der Waals surface area contributed by atoms with E-state index >= 15 is 0 Å². The second-order valence-electron chi connectivity index (χ2n) is 6.73. The summed E-state index contributed by atoms with van der Waals surface area (Å²) in [5, 5.41) is 2.88. The van der Waals surface area contributed by atoms with Gasteiger partial charge < -0.3 is 4.90 Å². The van der Waals surface area contributed by atoms with Crippen LogP contribution in [0, 0.1) is 0 Å². The lowest BCUT2D eigenvalue weighted by atomic mass is 10.0. The summed E-state index contributed by atoms with van der Waals surface area (Å²) in [6.45, 7) is 2.79. The lowest BCUT2D eigenvalue weighted by molar-refractivity contribution is 0.205. The van der Waals surface area contributed by atoms with E-state index in [0.29, 0.717) is 18.2 Å². The number of aromatic nitrogens is 3. The Labute approximate surface area is 146 Å². The van der Waals surface area contributed by atoms with Gasteiger partial charge in [0.15, 0.2) is 5.65 Å². The molecule has 2 aromatic heterocycles. The predicted molar refractivity (Wildman–Crippen MR) is 99.0 cm³/mol. The van der Waals surface area contributed by atoms with Gasteiger partial charge in [0.1, 0.15) is 0 Å². The second kappa shape index (κ2) is 6.72. The van der Waals surface area contributed by atoms with Crippen LogP contribution in [0.15, 0.2) is 53.5 Å². The average Bonchev–Trinajstić information content (AvgIpc) is 3.12. The molecule has 1 saturated heterocycles. The molecule has 0 amide bonds. The minimum absolute atomic E-state index is 0.0621. The zero-order valence-corrected chi connectivity index (χ0v) is 14.4. The van der Waals surface area contributed by atoms with Crippen molar-refractivity contribution >= 4 is 11.3 Å². The van der Waals surface area contributed by atoms with Crippen LogP contribution in [0.2, 0.25) is 0 Å². The number of hydrogen-bond acceptors (Lipinski definition) is 4. The number of anilines is 1. The molecule has 0 bridgehead atoms. The molecule has 0 unspecified atom stereocenters. The fourth-order valence-corrected chi connectivity index (χ4v) is 3.63. The van der Waals surface area contributed by atoms with Crippen LogP contribution < -0.4 is 10.5 Å². The maximum absolute atomic E-state index is 12.1. The van der Waals surface area contributed by atoms with Gasteiger partial charge in [-0.3, -0.25) is 14.8 Å². The van der Waals surface area contributed by atoms with Gasteiger partial charge in [0.2, 0.25) is 0 Å². The van der Waals surface area contributed by atoms with Crippen molar-refractivity contribution in [3.05, 3.63) is 64.7 Å². The van der Waals surface area contributed by atoms with Gasteiger partial charge in [0.25, 0.3) is 5.56 Å². The molecule has 4 rings (SSSR count). The van der Waals surface area contributed by atoms with Crippen LogP contribution in [-0.2, 0) is 6.54 Å². The van der Waals surface area contributed by atoms with Crippen LogP contribution >= 0.6 is 0 Å². The zero-order chi connectivity index (χ0) is 17.2. The Hall–Kier alpha value is -2.60. The van der Waals surface area contributed by atoms with Crippen molar-refractivity contribution in [3.8, 4) is 0 Å². The summed E-state index contributed by atoms with van der Waals surface area (Å²) in [6.07, 6.45) is 4.08. The van der Waals surface area contributed by atoms with Crippen LogP contribution in [0.4, 0.5) is 5.69 Å². The van der Waals surface area contributed by atoms with Crippen LogP contribution in [0.5, 0.6) is 0 Å². The zero-order valence-electron chi connectivity index (χ0n) is 14.4. The normalized spacial score (nSPS) is 18.2. The average molecular weight is 337 g/mol. The van der Waals surface area contributed by atoms with Gasteiger partial charge in [0, 0.05) is 49.7 Å². The molecular formula is C19H23N5O. The summed E-state index contributed by atoms with van der Waals surface area (Å²) in [5.74, 6) is 0. The fraction of sp³-hybridized carbons (Fsp3) is 0.368. The first-order valence-corrected chi connectivity index (χ1v) is 8.77. The number of rotatable bonds is 4. The van der Waals surface area contributed by atoms with Crippen molar-refractivity contribution in [1.29, 1.82) is 0 Å². The first-order valence-electron chi connectivity index (χ1n) is 8.77. The molecule has 3 heterocycles. The van der Waals surface area contributed by atoms with E-state index in [2.05, 4.69) is 57.3 Å². The van der Waals surface area contributed by atoms with Gasteiger partial charge in [-0.15, -0.1) is 0 Å². The third-order valence-corrected chi connectivity index (χ3v) is 4.99. The Kier molecular flexibility index (Phi) is 4.28. The fourth-order valence-electron chi connectivity index (χ4n) is 3.63. The molecule has 0 saturated carbocycles. The molecular weight excluding hydrogens is 314 g/mol. The van der Waals surface area contributed by atoms with Crippen molar-refractivity contribution in [2.75, 3.05) is 25.0 Å². The molecule has 0 spiro atoms. The quantitative estimate of drug-likeness (QED) is 0.792. The van der Waals surface area contributed by atoms with Gasteiger partial charge in [-0.1, -0.05) is 18.2 Å². The highest BCUT2D eigenvalue weighted by atomic mass is 16.1. The minimum Gasteiger partial charge on any atom is -0.370 e. The molecule has 1 N–H and O–H groups in total. The van der Waals surface area contributed by atoms with Gasteiger partial charge in [0.05, 0.1) is 5.69 Å². The third kappa shape index (κ3) is 3.30. The standard InChI is InChI=1S/C19H23N5O/c1-22(13-15-12-19(25)24-18(21-15)9-10-20-24)17-8-5-11-23(14-17)16-6-3-2-4-7-16/h2-4,6-7,9-10,12,17,20H,5,8,11,13-14H2,1H3/t17-/m0/s1. The molecule has 25 heavy (non-hydrogen) atoms. The van der Waals surface area contributed by atoms with Gasteiger partial charge in [-0.25, -0.2) is 9.50 Å². The van der Waals surface area contributed by atoms with Crippen LogP contribution in [0.3, 0.4) is 0 Å². The molecule has 0 radical (unpaired) electrons. The van der Waals surface area contributed by atoms with E-state index in [-0.39, 0.29) is 5.56 Å². The number of aromatic amines is 1. The van der Waals surface area contributed by atoms with E-state index in [4.69, 9.17) is 0 Å². The molecule has 1 aliphatic rings. The molecule has 6 nitrogen and oxygen atoms in total. The number of para-hydroxylation sites is 1. The summed E-state index contributed by atoms with van der Waals surface area (Å²) in [7, 11) is 2.12. The Morgan fingerprint density at radius 1 is 1.28 bits per heavy atom. The van der Waals surface area contributed by atoms with Crippen molar-refractivity contribution in [2.24, 2.45) is 0 Å². The summed E-state index contributed by atoms with van der Waals surface area (Å²) in [5.41, 5.74) is 2.72. The SMILES string of the molecule is CN(Cc1cc(=O)n2[nH]ccc2n1)[C@H]1CCCN(c2ccccc2)C1. The lowest BCUT2D eigenvalue weighted by Crippen LogP contribution is -2.46. The van der Waals surface area contributed by atoms with E-state index in [1.54, 1.807) is 12.3 Å². The second-order valence-corrected chi connectivity index (χ2v) is 6.73. The number of nitrogens with zero attached hydrogens (tertiary/aromatic N) is 4. The molecule has 3 aromatic rings. The van der Waals surface area contributed by atoms with Gasteiger partial charge in [-0.05, 0) is 32.0 Å². The highest BCUT2D eigenvalue weighted by Gasteiger charge is 2.23. The number of hydrogen-bond donors (Lipinski definition) is 1. The molecule has 130 valence electrons. The first-order chi connectivity index (χ1) is 12.2. The minimum atomic E-state index is -0.0621. The summed E-state index contributed by atoms with van der Waals surface area (Å²) in [4.78, 5) is 21.5. The Morgan fingerprint density at radius 2 is 2.12 bits per heavy atom. The van der Waals surface area contributed by atoms with Crippen molar-refractivity contribution < 1.29 is 0 Å².